The van der Waals surface area contributed by atoms with Gasteiger partial charge in [0.2, 0.25) is 0 Å². The largest absolute Gasteiger partial charge is 0.466 e. The van der Waals surface area contributed by atoms with E-state index >= 15 is 0 Å². The number of carbonyl (C=O) groups is 1. The second-order valence-corrected chi connectivity index (χ2v) is 6.39. The standard InChI is InChI=1S/C17H22F2O3/c1-4-22-16(21)15-14(20)7-10(2)9-17(15,3)11-5-6-12(18)13(19)8-11/h5-6,8,10,14-15,20H,4,7,9H2,1-3H3. The summed E-state index contributed by atoms with van der Waals surface area (Å²) in [7, 11) is 0. The Kier molecular flexibility index (Phi) is 4.85. The van der Waals surface area contributed by atoms with E-state index in [9.17, 15) is 18.7 Å². The zero-order valence-corrected chi connectivity index (χ0v) is 13.1. The molecule has 1 N–H and O–H groups in total. The van der Waals surface area contributed by atoms with Crippen molar-refractivity contribution in [1.82, 2.24) is 0 Å². The lowest BCUT2D eigenvalue weighted by Crippen LogP contribution is -2.50. The SMILES string of the molecule is CCOC(=O)C1C(O)CC(C)CC1(C)c1ccc(F)c(F)c1. The Morgan fingerprint density at radius 2 is 2.09 bits per heavy atom. The van der Waals surface area contributed by atoms with Crippen LogP contribution in [0.2, 0.25) is 0 Å². The van der Waals surface area contributed by atoms with Gasteiger partial charge in [0.1, 0.15) is 0 Å². The normalized spacial score (nSPS) is 31.8. The Balaban J connectivity index is 2.48. The van der Waals surface area contributed by atoms with E-state index in [0.717, 1.165) is 12.1 Å². The monoisotopic (exact) mass is 312 g/mol. The summed E-state index contributed by atoms with van der Waals surface area (Å²) in [5, 5.41) is 10.4. The highest BCUT2D eigenvalue weighted by Crippen LogP contribution is 2.46. The summed E-state index contributed by atoms with van der Waals surface area (Å²) in [6.07, 6.45) is 0.224. The van der Waals surface area contributed by atoms with E-state index in [1.165, 1.54) is 6.07 Å². The third-order valence-corrected chi connectivity index (χ3v) is 4.61. The average molecular weight is 312 g/mol. The molecule has 1 saturated carbocycles. The summed E-state index contributed by atoms with van der Waals surface area (Å²) >= 11 is 0. The maximum atomic E-state index is 13.6. The van der Waals surface area contributed by atoms with E-state index in [4.69, 9.17) is 4.74 Å². The van der Waals surface area contributed by atoms with Gasteiger partial charge >= 0.3 is 5.97 Å². The van der Waals surface area contributed by atoms with Crippen molar-refractivity contribution in [2.24, 2.45) is 11.8 Å². The fourth-order valence-corrected chi connectivity index (χ4v) is 3.71. The number of aliphatic hydroxyl groups is 1. The molecule has 1 aromatic rings. The molecule has 4 unspecified atom stereocenters. The second kappa shape index (κ2) is 6.32. The molecule has 0 aromatic heterocycles. The Bertz CT molecular complexity index is 561. The van der Waals surface area contributed by atoms with Crippen molar-refractivity contribution >= 4 is 5.97 Å². The van der Waals surface area contributed by atoms with Gasteiger partial charge in [-0.05, 0) is 43.4 Å². The third kappa shape index (κ3) is 3.00. The lowest BCUT2D eigenvalue weighted by Gasteiger charge is -2.45. The molecule has 0 saturated heterocycles. The first-order chi connectivity index (χ1) is 10.3. The average Bonchev–Trinajstić information content (AvgIpc) is 2.40. The summed E-state index contributed by atoms with van der Waals surface area (Å²) < 4.78 is 31.9. The molecule has 5 heteroatoms. The zero-order valence-electron chi connectivity index (χ0n) is 13.1. The fourth-order valence-electron chi connectivity index (χ4n) is 3.71. The van der Waals surface area contributed by atoms with Gasteiger partial charge in [-0.3, -0.25) is 4.79 Å². The van der Waals surface area contributed by atoms with Crippen molar-refractivity contribution in [2.45, 2.75) is 45.1 Å². The number of esters is 1. The number of carbonyl (C=O) groups excluding carboxylic acids is 1. The van der Waals surface area contributed by atoms with Crippen molar-refractivity contribution in [2.75, 3.05) is 6.61 Å². The number of halogens is 2. The summed E-state index contributed by atoms with van der Waals surface area (Å²) in [6.45, 7) is 5.69. The van der Waals surface area contributed by atoms with Gasteiger partial charge in [0.25, 0.3) is 0 Å². The molecule has 0 heterocycles. The topological polar surface area (TPSA) is 46.5 Å². The first-order valence-electron chi connectivity index (χ1n) is 7.59. The Labute approximate surface area is 129 Å². The number of hydrogen-bond acceptors (Lipinski definition) is 3. The summed E-state index contributed by atoms with van der Waals surface area (Å²) in [5.41, 5.74) is -0.284. The molecule has 0 aliphatic heterocycles. The molecule has 0 radical (unpaired) electrons. The van der Waals surface area contributed by atoms with Gasteiger partial charge in [-0.2, -0.15) is 0 Å². The van der Waals surface area contributed by atoms with Gasteiger partial charge in [0.05, 0.1) is 18.6 Å². The van der Waals surface area contributed by atoms with Crippen molar-refractivity contribution in [3.05, 3.63) is 35.4 Å². The van der Waals surface area contributed by atoms with E-state index in [0.29, 0.717) is 18.4 Å². The van der Waals surface area contributed by atoms with Crippen molar-refractivity contribution < 1.29 is 23.4 Å². The zero-order chi connectivity index (χ0) is 16.5. The van der Waals surface area contributed by atoms with Crippen LogP contribution in [0.25, 0.3) is 0 Å². The molecule has 1 aliphatic carbocycles. The van der Waals surface area contributed by atoms with Crippen molar-refractivity contribution in [3.8, 4) is 0 Å². The van der Waals surface area contributed by atoms with Crippen LogP contribution in [0.15, 0.2) is 18.2 Å². The van der Waals surface area contributed by atoms with Gasteiger partial charge in [-0.15, -0.1) is 0 Å². The highest BCUT2D eigenvalue weighted by molar-refractivity contribution is 5.75. The van der Waals surface area contributed by atoms with Crippen molar-refractivity contribution in [1.29, 1.82) is 0 Å². The van der Waals surface area contributed by atoms with Gasteiger partial charge in [-0.1, -0.05) is 19.9 Å². The predicted octanol–water partition coefficient (Wildman–Crippen LogP) is 3.19. The van der Waals surface area contributed by atoms with E-state index < -0.39 is 35.0 Å². The third-order valence-electron chi connectivity index (χ3n) is 4.61. The van der Waals surface area contributed by atoms with Crippen LogP contribution in [0.5, 0.6) is 0 Å². The molecule has 3 nitrogen and oxygen atoms in total. The molecule has 2 rings (SSSR count). The molecular weight excluding hydrogens is 290 g/mol. The molecule has 1 aliphatic rings. The maximum absolute atomic E-state index is 13.6. The summed E-state index contributed by atoms with van der Waals surface area (Å²) in [6, 6.07) is 3.66. The van der Waals surface area contributed by atoms with Crippen LogP contribution in [-0.4, -0.2) is 23.8 Å². The highest BCUT2D eigenvalue weighted by Gasteiger charge is 2.50. The van der Waals surface area contributed by atoms with E-state index in [-0.39, 0.29) is 12.5 Å². The Hall–Kier alpha value is -1.49. The number of ether oxygens (including phenoxy) is 1. The quantitative estimate of drug-likeness (QED) is 0.872. The Morgan fingerprint density at radius 3 is 2.68 bits per heavy atom. The van der Waals surface area contributed by atoms with Crippen LogP contribution in [0.3, 0.4) is 0 Å². The number of hydrogen-bond donors (Lipinski definition) is 1. The molecule has 22 heavy (non-hydrogen) atoms. The fraction of sp³-hybridized carbons (Fsp3) is 0.588. The highest BCUT2D eigenvalue weighted by atomic mass is 19.2. The van der Waals surface area contributed by atoms with E-state index in [2.05, 4.69) is 0 Å². The molecule has 1 fully saturated rings. The van der Waals surface area contributed by atoms with Crippen molar-refractivity contribution in [3.63, 3.8) is 0 Å². The van der Waals surface area contributed by atoms with Crippen LogP contribution in [-0.2, 0) is 14.9 Å². The molecule has 1 aromatic carbocycles. The lowest BCUT2D eigenvalue weighted by molar-refractivity contribution is -0.159. The van der Waals surface area contributed by atoms with Gasteiger partial charge in [0, 0.05) is 5.41 Å². The van der Waals surface area contributed by atoms with Crippen LogP contribution < -0.4 is 0 Å². The predicted molar refractivity (Wildman–Crippen MR) is 78.2 cm³/mol. The van der Waals surface area contributed by atoms with Crippen LogP contribution in [0.4, 0.5) is 8.78 Å². The smallest absolute Gasteiger partial charge is 0.312 e. The van der Waals surface area contributed by atoms with Gasteiger partial charge < -0.3 is 9.84 Å². The number of rotatable bonds is 3. The molecule has 0 bridgehead atoms. The number of benzene rings is 1. The minimum absolute atomic E-state index is 0.166. The molecule has 0 amide bonds. The van der Waals surface area contributed by atoms with E-state index in [1.54, 1.807) is 13.8 Å². The lowest BCUT2D eigenvalue weighted by atomic mass is 9.60. The van der Waals surface area contributed by atoms with Crippen LogP contribution in [0, 0.1) is 23.5 Å². The molecular formula is C17H22F2O3. The first kappa shape index (κ1) is 16.9. The minimum atomic E-state index is -0.950. The summed E-state index contributed by atoms with van der Waals surface area (Å²) in [4.78, 5) is 12.3. The van der Waals surface area contributed by atoms with Crippen LogP contribution in [0.1, 0.15) is 39.2 Å². The molecule has 0 spiro atoms. The van der Waals surface area contributed by atoms with Gasteiger partial charge in [0.15, 0.2) is 11.6 Å². The Morgan fingerprint density at radius 1 is 1.41 bits per heavy atom. The van der Waals surface area contributed by atoms with E-state index in [1.807, 2.05) is 6.92 Å². The minimum Gasteiger partial charge on any atom is -0.466 e. The molecule has 4 atom stereocenters. The molecule has 122 valence electrons. The van der Waals surface area contributed by atoms with Gasteiger partial charge in [-0.25, -0.2) is 8.78 Å². The first-order valence-corrected chi connectivity index (χ1v) is 7.59. The maximum Gasteiger partial charge on any atom is 0.312 e. The summed E-state index contributed by atoms with van der Waals surface area (Å²) in [5.74, 6) is -2.99. The number of aliphatic hydroxyl groups excluding tert-OH is 1. The van der Waals surface area contributed by atoms with Crippen LogP contribution >= 0.6 is 0 Å². The second-order valence-electron chi connectivity index (χ2n) is 6.39.